The number of hydrogen-bond acceptors (Lipinski definition) is 3. The zero-order valence-electron chi connectivity index (χ0n) is 11.1. The third kappa shape index (κ3) is 3.79. The van der Waals surface area contributed by atoms with E-state index in [2.05, 4.69) is 22.5 Å². The Kier molecular flexibility index (Phi) is 4.52. The van der Waals surface area contributed by atoms with Crippen LogP contribution < -0.4 is 10.6 Å². The van der Waals surface area contributed by atoms with Gasteiger partial charge in [-0.3, -0.25) is 0 Å². The SMILES string of the molecule is CCc1ccccc1NC(=O)NCc1nc(C)cs1. The highest BCUT2D eigenvalue weighted by Crippen LogP contribution is 2.15. The fourth-order valence-corrected chi connectivity index (χ4v) is 2.47. The highest BCUT2D eigenvalue weighted by atomic mass is 32.1. The largest absolute Gasteiger partial charge is 0.331 e. The Morgan fingerprint density at radius 3 is 2.84 bits per heavy atom. The van der Waals surface area contributed by atoms with Crippen molar-refractivity contribution in [2.24, 2.45) is 0 Å². The average molecular weight is 275 g/mol. The van der Waals surface area contributed by atoms with E-state index in [1.54, 1.807) is 11.3 Å². The van der Waals surface area contributed by atoms with Crippen LogP contribution in [0.2, 0.25) is 0 Å². The van der Waals surface area contributed by atoms with Crippen molar-refractivity contribution < 1.29 is 4.79 Å². The molecule has 0 saturated heterocycles. The van der Waals surface area contributed by atoms with Crippen molar-refractivity contribution in [2.75, 3.05) is 5.32 Å². The van der Waals surface area contributed by atoms with Crippen LogP contribution in [0.5, 0.6) is 0 Å². The quantitative estimate of drug-likeness (QED) is 0.899. The van der Waals surface area contributed by atoms with Crippen molar-refractivity contribution in [2.45, 2.75) is 26.8 Å². The summed E-state index contributed by atoms with van der Waals surface area (Å²) >= 11 is 1.55. The van der Waals surface area contributed by atoms with Crippen LogP contribution in [0.4, 0.5) is 10.5 Å². The third-order valence-electron chi connectivity index (χ3n) is 2.71. The maximum Gasteiger partial charge on any atom is 0.319 e. The van der Waals surface area contributed by atoms with Gasteiger partial charge in [0.2, 0.25) is 0 Å². The first-order valence-electron chi connectivity index (χ1n) is 6.22. The number of aryl methyl sites for hydroxylation is 2. The van der Waals surface area contributed by atoms with Gasteiger partial charge in [0.1, 0.15) is 5.01 Å². The molecule has 2 aromatic rings. The molecule has 1 aromatic heterocycles. The summed E-state index contributed by atoms with van der Waals surface area (Å²) in [5, 5.41) is 8.56. The number of nitrogens with zero attached hydrogens (tertiary/aromatic N) is 1. The fourth-order valence-electron chi connectivity index (χ4n) is 1.76. The first-order valence-corrected chi connectivity index (χ1v) is 7.10. The molecule has 5 heteroatoms. The van der Waals surface area contributed by atoms with Gasteiger partial charge in [0.15, 0.2) is 0 Å². The molecule has 4 nitrogen and oxygen atoms in total. The molecule has 19 heavy (non-hydrogen) atoms. The number of urea groups is 1. The van der Waals surface area contributed by atoms with Crippen molar-refractivity contribution in [1.82, 2.24) is 10.3 Å². The van der Waals surface area contributed by atoms with E-state index >= 15 is 0 Å². The van der Waals surface area contributed by atoms with Crippen LogP contribution >= 0.6 is 11.3 Å². The fraction of sp³-hybridized carbons (Fsp3) is 0.286. The Morgan fingerprint density at radius 1 is 1.37 bits per heavy atom. The van der Waals surface area contributed by atoms with Crippen LogP contribution in [-0.4, -0.2) is 11.0 Å². The minimum atomic E-state index is -0.200. The number of anilines is 1. The summed E-state index contributed by atoms with van der Waals surface area (Å²) in [5.41, 5.74) is 2.97. The number of benzene rings is 1. The number of nitrogens with one attached hydrogen (secondary N) is 2. The Balaban J connectivity index is 1.90. The van der Waals surface area contributed by atoms with Crippen LogP contribution in [0.25, 0.3) is 0 Å². The van der Waals surface area contributed by atoms with Gasteiger partial charge in [-0.15, -0.1) is 11.3 Å². The highest BCUT2D eigenvalue weighted by molar-refractivity contribution is 7.09. The molecule has 2 N–H and O–H groups in total. The van der Waals surface area contributed by atoms with Gasteiger partial charge in [-0.2, -0.15) is 0 Å². The molecule has 0 aliphatic carbocycles. The molecule has 0 bridgehead atoms. The van der Waals surface area contributed by atoms with Crippen LogP contribution in [0, 0.1) is 6.92 Å². The highest BCUT2D eigenvalue weighted by Gasteiger charge is 2.06. The number of rotatable bonds is 4. The van der Waals surface area contributed by atoms with E-state index in [0.717, 1.165) is 28.4 Å². The van der Waals surface area contributed by atoms with Crippen molar-refractivity contribution in [3.63, 3.8) is 0 Å². The summed E-state index contributed by atoms with van der Waals surface area (Å²) in [5.74, 6) is 0. The topological polar surface area (TPSA) is 54.0 Å². The van der Waals surface area contributed by atoms with Crippen molar-refractivity contribution in [3.8, 4) is 0 Å². The van der Waals surface area contributed by atoms with Gasteiger partial charge in [-0.1, -0.05) is 25.1 Å². The molecule has 0 aliphatic heterocycles. The monoisotopic (exact) mass is 275 g/mol. The lowest BCUT2D eigenvalue weighted by Crippen LogP contribution is -2.28. The molecule has 1 heterocycles. The molecule has 0 atom stereocenters. The number of amides is 2. The summed E-state index contributed by atoms with van der Waals surface area (Å²) in [6.45, 7) is 4.47. The Hall–Kier alpha value is -1.88. The minimum absolute atomic E-state index is 0.200. The lowest BCUT2D eigenvalue weighted by Gasteiger charge is -2.10. The lowest BCUT2D eigenvalue weighted by atomic mass is 10.1. The molecule has 2 rings (SSSR count). The third-order valence-corrected chi connectivity index (χ3v) is 3.68. The molecule has 0 radical (unpaired) electrons. The number of hydrogen-bond donors (Lipinski definition) is 2. The maximum absolute atomic E-state index is 11.8. The lowest BCUT2D eigenvalue weighted by molar-refractivity contribution is 0.251. The van der Waals surface area contributed by atoms with Gasteiger partial charge >= 0.3 is 6.03 Å². The van der Waals surface area contributed by atoms with Crippen molar-refractivity contribution in [1.29, 1.82) is 0 Å². The molecule has 0 spiro atoms. The predicted octanol–water partition coefficient (Wildman–Crippen LogP) is 3.34. The Labute approximate surface area is 116 Å². The van der Waals surface area contributed by atoms with Gasteiger partial charge in [-0.05, 0) is 25.0 Å². The molecule has 0 unspecified atom stereocenters. The van der Waals surface area contributed by atoms with Crippen LogP contribution in [0.1, 0.15) is 23.2 Å². The average Bonchev–Trinajstić information content (AvgIpc) is 2.83. The zero-order valence-corrected chi connectivity index (χ0v) is 11.9. The van der Waals surface area contributed by atoms with E-state index in [0.29, 0.717) is 6.54 Å². The minimum Gasteiger partial charge on any atom is -0.331 e. The second-order valence-corrected chi connectivity index (χ2v) is 5.14. The van der Waals surface area contributed by atoms with E-state index < -0.39 is 0 Å². The van der Waals surface area contributed by atoms with E-state index in [4.69, 9.17) is 0 Å². The molecule has 100 valence electrons. The normalized spacial score (nSPS) is 10.2. The number of aromatic nitrogens is 1. The molecular formula is C14H17N3OS. The van der Waals surface area contributed by atoms with Gasteiger partial charge in [0.05, 0.1) is 6.54 Å². The van der Waals surface area contributed by atoms with Crippen LogP contribution in [0.3, 0.4) is 0 Å². The Bertz CT molecular complexity index is 565. The summed E-state index contributed by atoms with van der Waals surface area (Å²) in [6, 6.07) is 7.61. The van der Waals surface area contributed by atoms with E-state index in [9.17, 15) is 4.79 Å². The number of thiazole rings is 1. The molecule has 0 fully saturated rings. The van der Waals surface area contributed by atoms with E-state index in [-0.39, 0.29) is 6.03 Å². The number of para-hydroxylation sites is 1. The summed E-state index contributed by atoms with van der Waals surface area (Å²) in [4.78, 5) is 16.1. The molecule has 0 aliphatic rings. The van der Waals surface area contributed by atoms with Gasteiger partial charge in [0.25, 0.3) is 0 Å². The van der Waals surface area contributed by atoms with Crippen molar-refractivity contribution in [3.05, 3.63) is 45.9 Å². The summed E-state index contributed by atoms with van der Waals surface area (Å²) in [6.07, 6.45) is 0.891. The van der Waals surface area contributed by atoms with Crippen LogP contribution in [0.15, 0.2) is 29.6 Å². The number of carbonyl (C=O) groups is 1. The summed E-state index contributed by atoms with van der Waals surface area (Å²) < 4.78 is 0. The second-order valence-electron chi connectivity index (χ2n) is 4.20. The van der Waals surface area contributed by atoms with E-state index in [1.165, 1.54) is 0 Å². The van der Waals surface area contributed by atoms with Gasteiger partial charge < -0.3 is 10.6 Å². The van der Waals surface area contributed by atoms with Gasteiger partial charge in [0, 0.05) is 16.8 Å². The molecular weight excluding hydrogens is 258 g/mol. The molecule has 2 amide bonds. The first-order chi connectivity index (χ1) is 9.19. The van der Waals surface area contributed by atoms with E-state index in [1.807, 2.05) is 36.6 Å². The second kappa shape index (κ2) is 6.33. The molecule has 1 aromatic carbocycles. The predicted molar refractivity (Wildman–Crippen MR) is 78.5 cm³/mol. The first kappa shape index (κ1) is 13.5. The van der Waals surface area contributed by atoms with Gasteiger partial charge in [-0.25, -0.2) is 9.78 Å². The smallest absolute Gasteiger partial charge is 0.319 e. The number of carbonyl (C=O) groups excluding carboxylic acids is 1. The summed E-state index contributed by atoms with van der Waals surface area (Å²) in [7, 11) is 0. The molecule has 0 saturated carbocycles. The Morgan fingerprint density at radius 2 is 2.16 bits per heavy atom. The van der Waals surface area contributed by atoms with Crippen LogP contribution in [-0.2, 0) is 13.0 Å². The maximum atomic E-state index is 11.8. The van der Waals surface area contributed by atoms with Crippen molar-refractivity contribution >= 4 is 23.1 Å². The zero-order chi connectivity index (χ0) is 13.7. The standard InChI is InChI=1S/C14H17N3OS/c1-3-11-6-4-5-7-12(11)17-14(18)15-8-13-16-10(2)9-19-13/h4-7,9H,3,8H2,1-2H3,(H2,15,17,18).